The van der Waals surface area contributed by atoms with Crippen LogP contribution < -0.4 is 5.32 Å². The third kappa shape index (κ3) is 3.60. The molecule has 0 fully saturated rings. The maximum atomic E-state index is 11.6. The summed E-state index contributed by atoms with van der Waals surface area (Å²) in [4.78, 5) is 15.8. The largest absolute Gasteiger partial charge is 0.465 e. The second kappa shape index (κ2) is 6.53. The van der Waals surface area contributed by atoms with Crippen molar-refractivity contribution in [3.8, 4) is 0 Å². The zero-order valence-electron chi connectivity index (χ0n) is 9.03. The van der Waals surface area contributed by atoms with Crippen molar-refractivity contribution in [1.29, 1.82) is 0 Å². The Morgan fingerprint density at radius 1 is 1.67 bits per heavy atom. The highest BCUT2D eigenvalue weighted by Gasteiger charge is 2.22. The molecular formula is C10H16N2O2S. The molecule has 0 saturated carbocycles. The number of carbonyl (C=O) groups excluding carboxylic acids is 1. The van der Waals surface area contributed by atoms with Crippen LogP contribution in [-0.4, -0.2) is 24.1 Å². The predicted molar refractivity (Wildman–Crippen MR) is 59.8 cm³/mol. The number of hydrogen-bond donors (Lipinski definition) is 1. The number of esters is 1. The Balaban J connectivity index is 2.65. The van der Waals surface area contributed by atoms with Crippen LogP contribution in [0.4, 0.5) is 0 Å². The van der Waals surface area contributed by atoms with E-state index in [2.05, 4.69) is 17.2 Å². The maximum absolute atomic E-state index is 11.6. The van der Waals surface area contributed by atoms with Crippen LogP contribution in [0, 0.1) is 0 Å². The van der Waals surface area contributed by atoms with E-state index in [9.17, 15) is 4.79 Å². The molecule has 0 aliphatic heterocycles. The quantitative estimate of drug-likeness (QED) is 0.754. The lowest BCUT2D eigenvalue weighted by Crippen LogP contribution is -2.31. The Hall–Kier alpha value is -0.940. The van der Waals surface area contributed by atoms with E-state index in [0.29, 0.717) is 6.61 Å². The van der Waals surface area contributed by atoms with Crippen molar-refractivity contribution < 1.29 is 9.53 Å². The Morgan fingerprint density at radius 2 is 2.47 bits per heavy atom. The van der Waals surface area contributed by atoms with Gasteiger partial charge in [-0.3, -0.25) is 5.32 Å². The van der Waals surface area contributed by atoms with E-state index in [0.717, 1.165) is 18.7 Å². The zero-order chi connectivity index (χ0) is 11.1. The average molecular weight is 228 g/mol. The molecule has 1 unspecified atom stereocenters. The molecule has 0 radical (unpaired) electrons. The van der Waals surface area contributed by atoms with E-state index >= 15 is 0 Å². The van der Waals surface area contributed by atoms with Crippen molar-refractivity contribution >= 4 is 17.3 Å². The van der Waals surface area contributed by atoms with Gasteiger partial charge in [-0.2, -0.15) is 0 Å². The molecule has 4 nitrogen and oxygen atoms in total. The summed E-state index contributed by atoms with van der Waals surface area (Å²) in [6.07, 6.45) is 0.972. The molecule has 0 aromatic carbocycles. The van der Waals surface area contributed by atoms with Crippen LogP contribution in [-0.2, 0) is 9.53 Å². The van der Waals surface area contributed by atoms with Gasteiger partial charge in [0, 0.05) is 5.38 Å². The van der Waals surface area contributed by atoms with E-state index in [1.807, 2.05) is 5.38 Å². The lowest BCUT2D eigenvalue weighted by molar-refractivity contribution is -0.145. The predicted octanol–water partition coefficient (Wildman–Crippen LogP) is 1.75. The van der Waals surface area contributed by atoms with Gasteiger partial charge in [0.15, 0.2) is 0 Å². The number of aromatic nitrogens is 1. The molecule has 0 spiro atoms. The van der Waals surface area contributed by atoms with Crippen molar-refractivity contribution in [1.82, 2.24) is 10.3 Å². The third-order valence-corrected chi connectivity index (χ3v) is 2.47. The van der Waals surface area contributed by atoms with Crippen LogP contribution in [0.25, 0.3) is 0 Å². The number of thiazole rings is 1. The first-order valence-corrected chi connectivity index (χ1v) is 6.02. The summed E-state index contributed by atoms with van der Waals surface area (Å²) in [6.45, 7) is 5.03. The number of ether oxygens (including phenoxy) is 1. The first kappa shape index (κ1) is 12.1. The summed E-state index contributed by atoms with van der Waals surface area (Å²) < 4.78 is 4.99. The highest BCUT2D eigenvalue weighted by atomic mass is 32.1. The first-order chi connectivity index (χ1) is 7.29. The molecular weight excluding hydrogens is 212 g/mol. The number of hydrogen-bond acceptors (Lipinski definition) is 5. The number of carbonyl (C=O) groups is 1. The fraction of sp³-hybridized carbons (Fsp3) is 0.600. The molecule has 5 heteroatoms. The van der Waals surface area contributed by atoms with Gasteiger partial charge in [0.25, 0.3) is 0 Å². The van der Waals surface area contributed by atoms with Gasteiger partial charge in [0.05, 0.1) is 17.8 Å². The van der Waals surface area contributed by atoms with Gasteiger partial charge in [-0.05, 0) is 19.9 Å². The van der Waals surface area contributed by atoms with E-state index < -0.39 is 6.04 Å². The van der Waals surface area contributed by atoms with Crippen LogP contribution >= 0.6 is 11.3 Å². The van der Waals surface area contributed by atoms with Crippen molar-refractivity contribution in [2.24, 2.45) is 0 Å². The minimum Gasteiger partial charge on any atom is -0.465 e. The number of nitrogens with one attached hydrogen (secondary N) is 1. The Bertz CT molecular complexity index is 288. The maximum Gasteiger partial charge on any atom is 0.329 e. The molecule has 0 amide bonds. The molecule has 1 aromatic rings. The minimum absolute atomic E-state index is 0.253. The van der Waals surface area contributed by atoms with Crippen molar-refractivity contribution in [2.75, 3.05) is 13.2 Å². The molecule has 0 bridgehead atoms. The smallest absolute Gasteiger partial charge is 0.329 e. The molecule has 1 N–H and O–H groups in total. The van der Waals surface area contributed by atoms with Gasteiger partial charge >= 0.3 is 5.97 Å². The Labute approximate surface area is 93.7 Å². The van der Waals surface area contributed by atoms with Crippen LogP contribution in [0.15, 0.2) is 10.9 Å². The van der Waals surface area contributed by atoms with E-state index in [1.54, 1.807) is 12.4 Å². The average Bonchev–Trinajstić information content (AvgIpc) is 2.72. The fourth-order valence-electron chi connectivity index (χ4n) is 1.19. The molecule has 0 aliphatic rings. The van der Waals surface area contributed by atoms with Crippen LogP contribution in [0.1, 0.15) is 32.0 Å². The van der Waals surface area contributed by atoms with Gasteiger partial charge < -0.3 is 4.74 Å². The normalized spacial score (nSPS) is 12.4. The van der Waals surface area contributed by atoms with Crippen LogP contribution in [0.3, 0.4) is 0 Å². The number of nitrogens with zero attached hydrogens (tertiary/aromatic N) is 1. The van der Waals surface area contributed by atoms with Gasteiger partial charge in [0.1, 0.15) is 6.04 Å². The third-order valence-electron chi connectivity index (χ3n) is 1.87. The van der Waals surface area contributed by atoms with E-state index in [-0.39, 0.29) is 5.97 Å². The van der Waals surface area contributed by atoms with Crippen LogP contribution in [0.5, 0.6) is 0 Å². The lowest BCUT2D eigenvalue weighted by atomic mass is 10.2. The minimum atomic E-state index is -0.420. The lowest BCUT2D eigenvalue weighted by Gasteiger charge is -2.14. The second-order valence-electron chi connectivity index (χ2n) is 3.05. The summed E-state index contributed by atoms with van der Waals surface area (Å²) in [5, 5.41) is 4.99. The van der Waals surface area contributed by atoms with Gasteiger partial charge in [-0.15, -0.1) is 11.3 Å². The van der Waals surface area contributed by atoms with Crippen molar-refractivity contribution in [3.05, 3.63) is 16.6 Å². The second-order valence-corrected chi connectivity index (χ2v) is 3.77. The first-order valence-electron chi connectivity index (χ1n) is 5.07. The fourth-order valence-corrected chi connectivity index (χ4v) is 1.77. The summed E-state index contributed by atoms with van der Waals surface area (Å²) in [7, 11) is 0. The molecule has 0 saturated heterocycles. The highest BCUT2D eigenvalue weighted by Crippen LogP contribution is 2.14. The highest BCUT2D eigenvalue weighted by molar-refractivity contribution is 7.07. The molecule has 0 aliphatic carbocycles. The number of rotatable bonds is 6. The standard InChI is InChI=1S/C10H16N2O2S/c1-3-5-11-9(10(13)14-4-2)8-6-15-7-12-8/h6-7,9,11H,3-5H2,1-2H3. The van der Waals surface area contributed by atoms with Crippen molar-refractivity contribution in [3.63, 3.8) is 0 Å². The van der Waals surface area contributed by atoms with Crippen molar-refractivity contribution in [2.45, 2.75) is 26.3 Å². The molecule has 1 rings (SSSR count). The Kier molecular flexibility index (Phi) is 5.28. The summed E-state index contributed by atoms with van der Waals surface area (Å²) in [5.41, 5.74) is 2.46. The SMILES string of the molecule is CCCNC(C(=O)OCC)c1cscn1. The molecule has 1 aromatic heterocycles. The monoisotopic (exact) mass is 228 g/mol. The van der Waals surface area contributed by atoms with E-state index in [4.69, 9.17) is 4.74 Å². The van der Waals surface area contributed by atoms with E-state index in [1.165, 1.54) is 11.3 Å². The summed E-state index contributed by atoms with van der Waals surface area (Å²) in [5.74, 6) is -0.253. The Morgan fingerprint density at radius 3 is 3.00 bits per heavy atom. The van der Waals surface area contributed by atoms with Gasteiger partial charge in [-0.25, -0.2) is 9.78 Å². The zero-order valence-corrected chi connectivity index (χ0v) is 9.84. The molecule has 1 atom stereocenters. The molecule has 84 valence electrons. The summed E-state index contributed by atoms with van der Waals surface area (Å²) in [6, 6.07) is -0.420. The molecule has 1 heterocycles. The molecule has 15 heavy (non-hydrogen) atoms. The van der Waals surface area contributed by atoms with Crippen LogP contribution in [0.2, 0.25) is 0 Å². The topological polar surface area (TPSA) is 51.2 Å². The van der Waals surface area contributed by atoms with Gasteiger partial charge in [0.2, 0.25) is 0 Å². The van der Waals surface area contributed by atoms with Gasteiger partial charge in [-0.1, -0.05) is 6.92 Å². The summed E-state index contributed by atoms with van der Waals surface area (Å²) >= 11 is 1.48.